The third-order valence-corrected chi connectivity index (χ3v) is 2.30. The van der Waals surface area contributed by atoms with Crippen LogP contribution < -0.4 is 10.4 Å². The lowest BCUT2D eigenvalue weighted by Gasteiger charge is -2.22. The van der Waals surface area contributed by atoms with Crippen molar-refractivity contribution in [3.63, 3.8) is 0 Å². The van der Waals surface area contributed by atoms with Crippen molar-refractivity contribution in [2.24, 2.45) is 0 Å². The quantitative estimate of drug-likeness (QED) is 0.831. The summed E-state index contributed by atoms with van der Waals surface area (Å²) in [5.74, 6) is -0.166. The SMILES string of the molecule is CCOC(=O)NN(C(=O)OCC)c1cc(C)ccc1O. The zero-order valence-corrected chi connectivity index (χ0v) is 11.7. The van der Waals surface area contributed by atoms with E-state index in [-0.39, 0.29) is 24.7 Å². The van der Waals surface area contributed by atoms with E-state index in [1.165, 1.54) is 6.07 Å². The predicted molar refractivity (Wildman–Crippen MR) is 72.5 cm³/mol. The van der Waals surface area contributed by atoms with E-state index in [0.29, 0.717) is 0 Å². The number of phenolic OH excluding ortho intramolecular Hbond substituents is 1. The molecule has 0 unspecified atom stereocenters. The van der Waals surface area contributed by atoms with Gasteiger partial charge in [0.15, 0.2) is 0 Å². The number of carbonyl (C=O) groups excluding carboxylic acids is 2. The smallest absolute Gasteiger partial charge is 0.433 e. The zero-order valence-electron chi connectivity index (χ0n) is 11.7. The van der Waals surface area contributed by atoms with E-state index in [1.54, 1.807) is 32.9 Å². The average molecular weight is 282 g/mol. The van der Waals surface area contributed by atoms with Gasteiger partial charge in [0.25, 0.3) is 0 Å². The van der Waals surface area contributed by atoms with Gasteiger partial charge in [-0.05, 0) is 38.5 Å². The fourth-order valence-corrected chi connectivity index (χ4v) is 1.46. The minimum atomic E-state index is -0.818. The molecular formula is C13H18N2O5. The molecule has 2 amide bonds. The third kappa shape index (κ3) is 4.04. The van der Waals surface area contributed by atoms with Crippen molar-refractivity contribution in [3.8, 4) is 5.75 Å². The van der Waals surface area contributed by atoms with Gasteiger partial charge in [0.2, 0.25) is 0 Å². The molecule has 0 radical (unpaired) electrons. The molecule has 0 saturated heterocycles. The number of amides is 2. The van der Waals surface area contributed by atoms with Crippen LogP contribution in [0, 0.1) is 6.92 Å². The van der Waals surface area contributed by atoms with Crippen molar-refractivity contribution in [1.82, 2.24) is 5.43 Å². The lowest BCUT2D eigenvalue weighted by atomic mass is 10.2. The van der Waals surface area contributed by atoms with Crippen LogP contribution in [0.1, 0.15) is 19.4 Å². The lowest BCUT2D eigenvalue weighted by Crippen LogP contribution is -2.47. The Kier molecular flexibility index (Phi) is 5.64. The molecule has 0 heterocycles. The van der Waals surface area contributed by atoms with Crippen LogP contribution in [0.15, 0.2) is 18.2 Å². The first-order valence-electron chi connectivity index (χ1n) is 6.19. The van der Waals surface area contributed by atoms with Gasteiger partial charge in [-0.3, -0.25) is 0 Å². The second-order valence-corrected chi connectivity index (χ2v) is 3.86. The highest BCUT2D eigenvalue weighted by Crippen LogP contribution is 2.27. The first-order valence-corrected chi connectivity index (χ1v) is 6.19. The van der Waals surface area contributed by atoms with Gasteiger partial charge in [0, 0.05) is 0 Å². The Bertz CT molecular complexity index is 490. The number of hydrazine groups is 1. The van der Waals surface area contributed by atoms with Crippen molar-refractivity contribution in [2.75, 3.05) is 18.2 Å². The number of aryl methyl sites for hydroxylation is 1. The van der Waals surface area contributed by atoms with Gasteiger partial charge in [-0.1, -0.05) is 6.07 Å². The van der Waals surface area contributed by atoms with Gasteiger partial charge >= 0.3 is 12.2 Å². The minimum absolute atomic E-state index is 0.108. The molecule has 110 valence electrons. The molecule has 7 nitrogen and oxygen atoms in total. The number of nitrogens with one attached hydrogen (secondary N) is 1. The summed E-state index contributed by atoms with van der Waals surface area (Å²) < 4.78 is 9.55. The Morgan fingerprint density at radius 1 is 1.25 bits per heavy atom. The van der Waals surface area contributed by atoms with Crippen LogP contribution in [0.5, 0.6) is 5.75 Å². The first kappa shape index (κ1) is 15.6. The van der Waals surface area contributed by atoms with Gasteiger partial charge in [0.1, 0.15) is 11.4 Å². The normalized spacial score (nSPS) is 9.75. The largest absolute Gasteiger partial charge is 0.506 e. The van der Waals surface area contributed by atoms with Crippen LogP contribution in [0.3, 0.4) is 0 Å². The molecular weight excluding hydrogens is 264 g/mol. The van der Waals surface area contributed by atoms with E-state index in [9.17, 15) is 14.7 Å². The maximum Gasteiger partial charge on any atom is 0.433 e. The first-order chi connectivity index (χ1) is 9.49. The van der Waals surface area contributed by atoms with Crippen molar-refractivity contribution in [1.29, 1.82) is 0 Å². The molecule has 0 aliphatic rings. The van der Waals surface area contributed by atoms with Crippen LogP contribution in [-0.4, -0.2) is 30.5 Å². The van der Waals surface area contributed by atoms with Crippen molar-refractivity contribution in [2.45, 2.75) is 20.8 Å². The van der Waals surface area contributed by atoms with E-state index < -0.39 is 12.2 Å². The standard InChI is InChI=1S/C13H18N2O5/c1-4-19-12(17)14-15(13(18)20-5-2)10-8-9(3)6-7-11(10)16/h6-8,16H,4-5H2,1-3H3,(H,14,17). The van der Waals surface area contributed by atoms with Crippen molar-refractivity contribution < 1.29 is 24.2 Å². The molecule has 0 spiro atoms. The fourth-order valence-electron chi connectivity index (χ4n) is 1.46. The number of aromatic hydroxyl groups is 1. The molecule has 1 aromatic carbocycles. The molecule has 1 aromatic rings. The number of carbonyl (C=O) groups is 2. The third-order valence-electron chi connectivity index (χ3n) is 2.30. The molecule has 7 heteroatoms. The van der Waals surface area contributed by atoms with Gasteiger partial charge in [-0.2, -0.15) is 5.01 Å². The molecule has 20 heavy (non-hydrogen) atoms. The number of hydrogen-bond donors (Lipinski definition) is 2. The van der Waals surface area contributed by atoms with E-state index in [1.807, 2.05) is 0 Å². The van der Waals surface area contributed by atoms with Gasteiger partial charge in [-0.25, -0.2) is 15.0 Å². The van der Waals surface area contributed by atoms with Gasteiger partial charge in [0.05, 0.1) is 13.2 Å². The summed E-state index contributed by atoms with van der Waals surface area (Å²) in [7, 11) is 0. The fraction of sp³-hybridized carbons (Fsp3) is 0.385. The number of phenols is 1. The van der Waals surface area contributed by atoms with E-state index in [0.717, 1.165) is 10.6 Å². The number of anilines is 1. The molecule has 0 atom stereocenters. The summed E-state index contributed by atoms with van der Waals surface area (Å²) in [6, 6.07) is 4.63. The Morgan fingerprint density at radius 3 is 2.50 bits per heavy atom. The maximum atomic E-state index is 11.9. The lowest BCUT2D eigenvalue weighted by molar-refractivity contribution is 0.138. The number of rotatable bonds is 3. The van der Waals surface area contributed by atoms with Crippen molar-refractivity contribution >= 4 is 17.9 Å². The summed E-state index contributed by atoms with van der Waals surface area (Å²) in [5, 5.41) is 10.6. The van der Waals surface area contributed by atoms with E-state index in [4.69, 9.17) is 9.47 Å². The topological polar surface area (TPSA) is 88.1 Å². The van der Waals surface area contributed by atoms with Gasteiger partial charge < -0.3 is 14.6 Å². The molecule has 0 aromatic heterocycles. The summed E-state index contributed by atoms with van der Waals surface area (Å²) in [4.78, 5) is 23.3. The molecule has 2 N–H and O–H groups in total. The van der Waals surface area contributed by atoms with Crippen LogP contribution in [-0.2, 0) is 9.47 Å². The van der Waals surface area contributed by atoms with Gasteiger partial charge in [-0.15, -0.1) is 0 Å². The molecule has 0 aliphatic heterocycles. The van der Waals surface area contributed by atoms with Crippen LogP contribution >= 0.6 is 0 Å². The Hall–Kier alpha value is -2.44. The van der Waals surface area contributed by atoms with Crippen LogP contribution in [0.2, 0.25) is 0 Å². The molecule has 0 fully saturated rings. The summed E-state index contributed by atoms with van der Waals surface area (Å²) in [6.45, 7) is 5.35. The van der Waals surface area contributed by atoms with E-state index in [2.05, 4.69) is 5.43 Å². The summed E-state index contributed by atoms with van der Waals surface area (Å²) in [5.41, 5.74) is 3.14. The summed E-state index contributed by atoms with van der Waals surface area (Å²) in [6.07, 6.45) is -1.64. The molecule has 1 rings (SSSR count). The molecule has 0 saturated carbocycles. The number of nitrogens with zero attached hydrogens (tertiary/aromatic N) is 1. The van der Waals surface area contributed by atoms with Crippen molar-refractivity contribution in [3.05, 3.63) is 23.8 Å². The number of benzene rings is 1. The average Bonchev–Trinajstić information content (AvgIpc) is 2.39. The predicted octanol–water partition coefficient (Wildman–Crippen LogP) is 2.32. The second-order valence-electron chi connectivity index (χ2n) is 3.86. The minimum Gasteiger partial charge on any atom is -0.506 e. The summed E-state index contributed by atoms with van der Waals surface area (Å²) >= 11 is 0. The van der Waals surface area contributed by atoms with Crippen LogP contribution in [0.25, 0.3) is 0 Å². The highest BCUT2D eigenvalue weighted by molar-refractivity contribution is 5.92. The monoisotopic (exact) mass is 282 g/mol. The highest BCUT2D eigenvalue weighted by Gasteiger charge is 2.23. The Morgan fingerprint density at radius 2 is 1.90 bits per heavy atom. The highest BCUT2D eigenvalue weighted by atomic mass is 16.6. The zero-order chi connectivity index (χ0) is 15.1. The number of ether oxygens (including phenoxy) is 2. The number of hydrogen-bond acceptors (Lipinski definition) is 5. The van der Waals surface area contributed by atoms with E-state index >= 15 is 0 Å². The molecule has 0 bridgehead atoms. The molecule has 0 aliphatic carbocycles. The second kappa shape index (κ2) is 7.22. The van der Waals surface area contributed by atoms with Crippen LogP contribution in [0.4, 0.5) is 15.3 Å². The Balaban J connectivity index is 3.05. The maximum absolute atomic E-state index is 11.9. The Labute approximate surface area is 117 Å².